The van der Waals surface area contributed by atoms with Crippen molar-refractivity contribution >= 4 is 11.6 Å². The molecule has 0 aromatic rings. The molecule has 0 aromatic heterocycles. The highest BCUT2D eigenvalue weighted by Gasteiger charge is 2.03. The highest BCUT2D eigenvalue weighted by molar-refractivity contribution is 6.20. The van der Waals surface area contributed by atoms with Crippen LogP contribution in [-0.2, 0) is 4.74 Å². The number of alkyl halides is 1. The topological polar surface area (TPSA) is 9.23 Å². The molecule has 0 aliphatic heterocycles. The van der Waals surface area contributed by atoms with Crippen LogP contribution in [0.15, 0.2) is 0 Å². The second kappa shape index (κ2) is 16.3. The second-order valence-electron chi connectivity index (χ2n) is 5.55. The Labute approximate surface area is 126 Å². The third kappa shape index (κ3) is 16.2. The fourth-order valence-electron chi connectivity index (χ4n) is 2.35. The van der Waals surface area contributed by atoms with Crippen LogP contribution >= 0.6 is 11.6 Å². The van der Waals surface area contributed by atoms with Gasteiger partial charge in [-0.25, -0.2) is 0 Å². The lowest BCUT2D eigenvalue weighted by Gasteiger charge is -2.09. The summed E-state index contributed by atoms with van der Waals surface area (Å²) in [5.41, 5.74) is 0. The maximum Gasteiger partial charge on any atom is 0.0479 e. The Morgan fingerprint density at radius 3 is 1.79 bits per heavy atom. The molecule has 0 spiro atoms. The molecular formula is C17H35ClO. The molecule has 2 heteroatoms. The van der Waals surface area contributed by atoms with E-state index in [1.54, 1.807) is 0 Å². The van der Waals surface area contributed by atoms with Gasteiger partial charge in [0.1, 0.15) is 0 Å². The van der Waals surface area contributed by atoms with Crippen molar-refractivity contribution in [2.75, 3.05) is 13.2 Å². The molecule has 1 nitrogen and oxygen atoms in total. The van der Waals surface area contributed by atoms with Gasteiger partial charge in [0.05, 0.1) is 0 Å². The van der Waals surface area contributed by atoms with Gasteiger partial charge in [-0.2, -0.15) is 0 Å². The van der Waals surface area contributed by atoms with E-state index in [0.717, 1.165) is 26.1 Å². The van der Waals surface area contributed by atoms with E-state index in [1.165, 1.54) is 64.2 Å². The minimum atomic E-state index is 0.320. The van der Waals surface area contributed by atoms with Gasteiger partial charge in [-0.1, -0.05) is 71.1 Å². The van der Waals surface area contributed by atoms with E-state index < -0.39 is 0 Å². The SMILES string of the molecule is CCCCCCCCCCCCC(Cl)CCOCC. The Hall–Kier alpha value is 0.250. The molecule has 0 saturated carbocycles. The van der Waals surface area contributed by atoms with Crippen molar-refractivity contribution in [2.45, 2.75) is 96.3 Å². The van der Waals surface area contributed by atoms with Gasteiger partial charge in [0.15, 0.2) is 0 Å². The predicted molar refractivity (Wildman–Crippen MR) is 87.2 cm³/mol. The molecule has 0 aliphatic carbocycles. The van der Waals surface area contributed by atoms with E-state index >= 15 is 0 Å². The number of ether oxygens (including phenoxy) is 1. The molecule has 0 aliphatic rings. The third-order valence-corrected chi connectivity index (χ3v) is 4.09. The Kier molecular flexibility index (Phi) is 16.5. The minimum absolute atomic E-state index is 0.320. The minimum Gasteiger partial charge on any atom is -0.382 e. The average Bonchev–Trinajstić information content (AvgIpc) is 2.41. The average molecular weight is 291 g/mol. The fourth-order valence-corrected chi connectivity index (χ4v) is 2.60. The van der Waals surface area contributed by atoms with Crippen molar-refractivity contribution in [1.82, 2.24) is 0 Å². The third-order valence-electron chi connectivity index (χ3n) is 3.65. The summed E-state index contributed by atoms with van der Waals surface area (Å²) in [5.74, 6) is 0. The summed E-state index contributed by atoms with van der Waals surface area (Å²) in [6.07, 6.45) is 16.1. The van der Waals surface area contributed by atoms with Gasteiger partial charge in [-0.15, -0.1) is 11.6 Å². The van der Waals surface area contributed by atoms with Crippen molar-refractivity contribution in [3.63, 3.8) is 0 Å². The van der Waals surface area contributed by atoms with E-state index in [9.17, 15) is 0 Å². The molecule has 19 heavy (non-hydrogen) atoms. The number of hydrogen-bond donors (Lipinski definition) is 0. The lowest BCUT2D eigenvalue weighted by Crippen LogP contribution is -2.04. The van der Waals surface area contributed by atoms with Crippen molar-refractivity contribution in [1.29, 1.82) is 0 Å². The van der Waals surface area contributed by atoms with Gasteiger partial charge in [0.25, 0.3) is 0 Å². The Morgan fingerprint density at radius 2 is 1.26 bits per heavy atom. The zero-order valence-corrected chi connectivity index (χ0v) is 14.0. The standard InChI is InChI=1S/C17H35ClO/c1-3-5-6-7-8-9-10-11-12-13-14-17(18)15-16-19-4-2/h17H,3-16H2,1-2H3. The molecule has 0 bridgehead atoms. The number of unbranched alkanes of at least 4 members (excludes halogenated alkanes) is 9. The van der Waals surface area contributed by atoms with Crippen LogP contribution in [0, 0.1) is 0 Å². The summed E-state index contributed by atoms with van der Waals surface area (Å²) in [5, 5.41) is 0.320. The van der Waals surface area contributed by atoms with Gasteiger partial charge in [0, 0.05) is 18.6 Å². The second-order valence-corrected chi connectivity index (χ2v) is 6.17. The van der Waals surface area contributed by atoms with E-state index in [4.69, 9.17) is 16.3 Å². The molecule has 0 fully saturated rings. The van der Waals surface area contributed by atoms with E-state index in [2.05, 4.69) is 6.92 Å². The molecular weight excluding hydrogens is 256 g/mol. The van der Waals surface area contributed by atoms with Crippen LogP contribution in [0.3, 0.4) is 0 Å². The van der Waals surface area contributed by atoms with E-state index in [0.29, 0.717) is 5.38 Å². The molecule has 1 unspecified atom stereocenters. The summed E-state index contributed by atoms with van der Waals surface area (Å²) in [7, 11) is 0. The van der Waals surface area contributed by atoms with Crippen LogP contribution in [0.2, 0.25) is 0 Å². The highest BCUT2D eigenvalue weighted by atomic mass is 35.5. The first kappa shape index (κ1) is 19.2. The monoisotopic (exact) mass is 290 g/mol. The van der Waals surface area contributed by atoms with E-state index in [1.807, 2.05) is 6.92 Å². The molecule has 0 radical (unpaired) electrons. The largest absolute Gasteiger partial charge is 0.382 e. The first-order chi connectivity index (χ1) is 9.31. The first-order valence-electron chi connectivity index (χ1n) is 8.53. The first-order valence-corrected chi connectivity index (χ1v) is 8.96. The summed E-state index contributed by atoms with van der Waals surface area (Å²) >= 11 is 6.25. The molecule has 0 rings (SSSR count). The smallest absolute Gasteiger partial charge is 0.0479 e. The number of halogens is 1. The molecule has 0 aromatic carbocycles. The summed E-state index contributed by atoms with van der Waals surface area (Å²) in [4.78, 5) is 0. The van der Waals surface area contributed by atoms with E-state index in [-0.39, 0.29) is 0 Å². The van der Waals surface area contributed by atoms with Crippen molar-refractivity contribution < 1.29 is 4.74 Å². The van der Waals surface area contributed by atoms with Crippen LogP contribution in [0.1, 0.15) is 90.9 Å². The fraction of sp³-hybridized carbons (Fsp3) is 1.00. The predicted octanol–water partition coefficient (Wildman–Crippen LogP) is 6.33. The van der Waals surface area contributed by atoms with Gasteiger partial charge >= 0.3 is 0 Å². The normalized spacial score (nSPS) is 12.8. The lowest BCUT2D eigenvalue weighted by atomic mass is 10.0. The zero-order valence-electron chi connectivity index (χ0n) is 13.3. The zero-order chi connectivity index (χ0) is 14.2. The van der Waals surface area contributed by atoms with Gasteiger partial charge in [0.2, 0.25) is 0 Å². The van der Waals surface area contributed by atoms with Crippen molar-refractivity contribution in [3.05, 3.63) is 0 Å². The Bertz CT molecular complexity index is 161. The van der Waals surface area contributed by atoms with Gasteiger partial charge in [-0.3, -0.25) is 0 Å². The number of rotatable bonds is 15. The van der Waals surface area contributed by atoms with Crippen molar-refractivity contribution in [2.24, 2.45) is 0 Å². The van der Waals surface area contributed by atoms with Crippen LogP contribution in [-0.4, -0.2) is 18.6 Å². The van der Waals surface area contributed by atoms with Gasteiger partial charge in [-0.05, 0) is 19.8 Å². The Morgan fingerprint density at radius 1 is 0.737 bits per heavy atom. The van der Waals surface area contributed by atoms with Gasteiger partial charge < -0.3 is 4.74 Å². The Balaban J connectivity index is 3.05. The quantitative estimate of drug-likeness (QED) is 0.253. The maximum atomic E-state index is 6.25. The molecule has 0 amide bonds. The lowest BCUT2D eigenvalue weighted by molar-refractivity contribution is 0.143. The highest BCUT2D eigenvalue weighted by Crippen LogP contribution is 2.15. The number of hydrogen-bond acceptors (Lipinski definition) is 1. The summed E-state index contributed by atoms with van der Waals surface area (Å²) in [6.45, 7) is 5.94. The summed E-state index contributed by atoms with van der Waals surface area (Å²) < 4.78 is 5.32. The van der Waals surface area contributed by atoms with Crippen molar-refractivity contribution in [3.8, 4) is 0 Å². The van der Waals surface area contributed by atoms with Crippen LogP contribution in [0.25, 0.3) is 0 Å². The van der Waals surface area contributed by atoms with Crippen LogP contribution in [0.5, 0.6) is 0 Å². The molecule has 0 saturated heterocycles. The maximum absolute atomic E-state index is 6.25. The molecule has 1 atom stereocenters. The molecule has 0 N–H and O–H groups in total. The molecule has 0 heterocycles. The van der Waals surface area contributed by atoms with Crippen LogP contribution in [0.4, 0.5) is 0 Å². The molecule has 116 valence electrons. The summed E-state index contributed by atoms with van der Waals surface area (Å²) in [6, 6.07) is 0. The van der Waals surface area contributed by atoms with Crippen LogP contribution < -0.4 is 0 Å².